The van der Waals surface area contributed by atoms with Gasteiger partial charge >= 0.3 is 0 Å². The monoisotopic (exact) mass is 559 g/mol. The van der Waals surface area contributed by atoms with E-state index in [1.54, 1.807) is 0 Å². The number of hydrogen-bond acceptors (Lipinski definition) is 11. The van der Waals surface area contributed by atoms with E-state index in [0.717, 1.165) is 39.4 Å². The summed E-state index contributed by atoms with van der Waals surface area (Å²) in [5.41, 5.74) is 5.72. The summed E-state index contributed by atoms with van der Waals surface area (Å²) in [4.78, 5) is 12.4. The molecule has 1 amide bonds. The van der Waals surface area contributed by atoms with E-state index >= 15 is 0 Å². The van der Waals surface area contributed by atoms with Crippen LogP contribution in [0, 0.1) is 0 Å². The average Bonchev–Trinajstić information content (AvgIpc) is 3.49. The minimum Gasteiger partial charge on any atom is -0.334 e. The van der Waals surface area contributed by atoms with Gasteiger partial charge in [-0.25, -0.2) is 10.1 Å². The zero-order valence-electron chi connectivity index (χ0n) is 19.1. The Balaban J connectivity index is 1.27. The molecule has 0 bridgehead atoms. The van der Waals surface area contributed by atoms with E-state index in [4.69, 9.17) is 17.4 Å². The summed E-state index contributed by atoms with van der Waals surface area (Å²) in [5, 5.41) is 24.8. The predicted octanol–water partition coefficient (Wildman–Crippen LogP) is 4.75. The van der Waals surface area contributed by atoms with Crippen LogP contribution in [-0.4, -0.2) is 42.4 Å². The van der Waals surface area contributed by atoms with Crippen molar-refractivity contribution in [1.82, 2.24) is 25.1 Å². The number of hydrazone groups is 1. The molecule has 0 aliphatic rings. The van der Waals surface area contributed by atoms with Crippen LogP contribution in [0.15, 0.2) is 69.2 Å². The van der Waals surface area contributed by atoms with E-state index in [-0.39, 0.29) is 17.6 Å². The number of thioether (sulfide) groups is 2. The lowest BCUT2D eigenvalue weighted by Gasteiger charge is -2.06. The number of carbonyl (C=O) groups excluding carboxylic acids is 1. The van der Waals surface area contributed by atoms with Crippen LogP contribution in [0.3, 0.4) is 0 Å². The van der Waals surface area contributed by atoms with Gasteiger partial charge in [-0.05, 0) is 23.6 Å². The topological polar surface area (TPSA) is 136 Å². The Bertz CT molecular complexity index is 1340. The first kappa shape index (κ1) is 25.9. The van der Waals surface area contributed by atoms with E-state index in [1.165, 1.54) is 27.8 Å². The van der Waals surface area contributed by atoms with Gasteiger partial charge in [-0.2, -0.15) is 5.10 Å². The molecule has 4 rings (SSSR count). The van der Waals surface area contributed by atoms with Crippen molar-refractivity contribution in [3.63, 3.8) is 0 Å². The maximum Gasteiger partial charge on any atom is 0.264 e. The first-order valence-corrected chi connectivity index (χ1v) is 13.9. The SMILES string of the molecule is CC/C(=N\Nc1nnc(SCC(=O)Nc2nnc(SCc3ccccc3Cl)s2)n1N)c1ccccc1. The number of aromatic nitrogens is 5. The van der Waals surface area contributed by atoms with Crippen molar-refractivity contribution < 1.29 is 4.79 Å². The largest absolute Gasteiger partial charge is 0.334 e. The minimum atomic E-state index is -0.258. The van der Waals surface area contributed by atoms with Gasteiger partial charge in [-0.1, -0.05) is 102 Å². The van der Waals surface area contributed by atoms with Crippen molar-refractivity contribution in [1.29, 1.82) is 0 Å². The van der Waals surface area contributed by atoms with Crippen molar-refractivity contribution in [2.24, 2.45) is 5.10 Å². The second kappa shape index (κ2) is 12.7. The number of amides is 1. The molecule has 0 radical (unpaired) electrons. The summed E-state index contributed by atoms with van der Waals surface area (Å²) in [6.45, 7) is 2.01. The van der Waals surface area contributed by atoms with Crippen LogP contribution in [-0.2, 0) is 10.5 Å². The first-order valence-electron chi connectivity index (χ1n) is 10.7. The molecule has 0 saturated carbocycles. The van der Waals surface area contributed by atoms with Crippen LogP contribution < -0.4 is 16.6 Å². The van der Waals surface area contributed by atoms with E-state index in [9.17, 15) is 4.79 Å². The number of nitrogen functional groups attached to an aromatic ring is 1. The number of hydrogen-bond donors (Lipinski definition) is 3. The summed E-state index contributed by atoms with van der Waals surface area (Å²) < 4.78 is 1.99. The summed E-state index contributed by atoms with van der Waals surface area (Å²) in [7, 11) is 0. The van der Waals surface area contributed by atoms with Crippen molar-refractivity contribution in [2.45, 2.75) is 28.6 Å². The second-order valence-corrected chi connectivity index (χ2v) is 10.7. The Hall–Kier alpha value is -3.13. The van der Waals surface area contributed by atoms with Gasteiger partial charge in [0.25, 0.3) is 5.95 Å². The molecule has 0 spiro atoms. The molecule has 14 heteroatoms. The zero-order valence-corrected chi connectivity index (χ0v) is 22.3. The molecule has 2 aromatic heterocycles. The predicted molar refractivity (Wildman–Crippen MR) is 147 cm³/mol. The minimum absolute atomic E-state index is 0.0739. The maximum absolute atomic E-state index is 12.4. The lowest BCUT2D eigenvalue weighted by Crippen LogP contribution is -2.17. The Kier molecular flexibility index (Phi) is 9.17. The van der Waals surface area contributed by atoms with Crippen LogP contribution in [0.5, 0.6) is 0 Å². The number of rotatable bonds is 11. The summed E-state index contributed by atoms with van der Waals surface area (Å²) in [5.74, 6) is 6.83. The third-order valence-electron chi connectivity index (χ3n) is 4.69. The third kappa shape index (κ3) is 6.97. The highest BCUT2D eigenvalue weighted by Gasteiger charge is 2.14. The molecule has 0 fully saturated rings. The summed E-state index contributed by atoms with van der Waals surface area (Å²) in [6, 6.07) is 17.5. The van der Waals surface area contributed by atoms with Crippen LogP contribution in [0.2, 0.25) is 5.02 Å². The highest BCUT2D eigenvalue weighted by molar-refractivity contribution is 8.00. The van der Waals surface area contributed by atoms with E-state index < -0.39 is 0 Å². The fourth-order valence-corrected chi connectivity index (χ4v) is 5.62. The van der Waals surface area contributed by atoms with Gasteiger partial charge in [-0.15, -0.1) is 20.4 Å². The number of benzene rings is 2. The van der Waals surface area contributed by atoms with Gasteiger partial charge in [0.05, 0.1) is 11.5 Å². The molecule has 0 atom stereocenters. The Morgan fingerprint density at radius 2 is 1.86 bits per heavy atom. The molecule has 2 heterocycles. The van der Waals surface area contributed by atoms with Gasteiger partial charge in [0.2, 0.25) is 16.2 Å². The number of carbonyl (C=O) groups is 1. The normalized spacial score (nSPS) is 11.4. The van der Waals surface area contributed by atoms with Gasteiger partial charge in [0.1, 0.15) is 0 Å². The molecule has 4 N–H and O–H groups in total. The Morgan fingerprint density at radius 3 is 2.64 bits per heavy atom. The van der Waals surface area contributed by atoms with Gasteiger partial charge < -0.3 is 5.84 Å². The Morgan fingerprint density at radius 1 is 1.08 bits per heavy atom. The third-order valence-corrected chi connectivity index (χ3v) is 8.02. The van der Waals surface area contributed by atoms with Crippen molar-refractivity contribution in [2.75, 3.05) is 22.3 Å². The maximum atomic E-state index is 12.4. The van der Waals surface area contributed by atoms with Crippen LogP contribution in [0.25, 0.3) is 0 Å². The molecular weight excluding hydrogens is 538 g/mol. The number of nitrogens with two attached hydrogens (primary N) is 1. The van der Waals surface area contributed by atoms with Crippen molar-refractivity contribution >= 4 is 69.2 Å². The molecule has 4 aromatic rings. The number of halogens is 1. The fraction of sp³-hybridized carbons (Fsp3) is 0.182. The van der Waals surface area contributed by atoms with Gasteiger partial charge in [0.15, 0.2) is 4.34 Å². The summed E-state index contributed by atoms with van der Waals surface area (Å²) >= 11 is 10.1. The van der Waals surface area contributed by atoms with Crippen LogP contribution >= 0.6 is 46.5 Å². The number of nitrogens with one attached hydrogen (secondary N) is 2. The molecule has 36 heavy (non-hydrogen) atoms. The summed E-state index contributed by atoms with van der Waals surface area (Å²) in [6.07, 6.45) is 0.726. The van der Waals surface area contributed by atoms with Crippen LogP contribution in [0.1, 0.15) is 24.5 Å². The zero-order chi connectivity index (χ0) is 25.3. The standard InChI is InChI=1S/C22H22ClN9OS3/c1-2-17(14-8-4-3-5-9-14)26-27-19-28-30-21(32(19)24)34-13-18(33)25-20-29-31-22(36-20)35-12-15-10-6-7-11-16(15)23/h3-11H,2,12-13,24H2,1H3,(H,27,28)(H,25,29,33)/b26-17+. The highest BCUT2D eigenvalue weighted by atomic mass is 35.5. The second-order valence-electron chi connectivity index (χ2n) is 7.16. The highest BCUT2D eigenvalue weighted by Crippen LogP contribution is 2.30. The quantitative estimate of drug-likeness (QED) is 0.0781. The van der Waals surface area contributed by atoms with Gasteiger partial charge in [0, 0.05) is 10.8 Å². The van der Waals surface area contributed by atoms with Crippen molar-refractivity contribution in [3.05, 3.63) is 70.7 Å². The molecule has 0 saturated heterocycles. The molecule has 10 nitrogen and oxygen atoms in total. The average molecular weight is 560 g/mol. The van der Waals surface area contributed by atoms with Crippen LogP contribution in [0.4, 0.5) is 11.1 Å². The molecule has 0 unspecified atom stereocenters. The molecule has 0 aliphatic carbocycles. The van der Waals surface area contributed by atoms with Gasteiger partial charge in [-0.3, -0.25) is 10.1 Å². The van der Waals surface area contributed by atoms with E-state index in [2.05, 4.69) is 36.2 Å². The molecule has 186 valence electrons. The number of anilines is 2. The smallest absolute Gasteiger partial charge is 0.264 e. The first-order chi connectivity index (χ1) is 17.5. The molecule has 0 aliphatic heterocycles. The molecular formula is C22H22ClN9OS3. The molecule has 2 aromatic carbocycles. The lowest BCUT2D eigenvalue weighted by atomic mass is 10.1. The Labute approximate surface area is 225 Å². The number of nitrogens with zero attached hydrogens (tertiary/aromatic N) is 6. The lowest BCUT2D eigenvalue weighted by molar-refractivity contribution is -0.113. The van der Waals surface area contributed by atoms with Crippen molar-refractivity contribution in [3.8, 4) is 0 Å². The fourth-order valence-electron chi connectivity index (χ4n) is 2.91. The van der Waals surface area contributed by atoms with E-state index in [0.29, 0.717) is 21.1 Å². The van der Waals surface area contributed by atoms with E-state index in [1.807, 2.05) is 61.5 Å².